The molecular weight excluding hydrogens is 373 g/mol. The number of aromatic nitrogens is 1. The van der Waals surface area contributed by atoms with Gasteiger partial charge in [-0.15, -0.1) is 0 Å². The van der Waals surface area contributed by atoms with Crippen molar-refractivity contribution >= 4 is 40.1 Å². The van der Waals surface area contributed by atoms with Crippen LogP contribution in [0, 0.1) is 0 Å². The Morgan fingerprint density at radius 1 is 0.548 bits per heavy atom. The molecule has 31 heavy (non-hydrogen) atoms. The van der Waals surface area contributed by atoms with E-state index in [1.54, 1.807) is 0 Å². The van der Waals surface area contributed by atoms with Crippen molar-refractivity contribution in [2.45, 2.75) is 0 Å². The van der Waals surface area contributed by atoms with E-state index in [-0.39, 0.29) is 6.71 Å². The van der Waals surface area contributed by atoms with Crippen LogP contribution in [0.15, 0.2) is 127 Å². The maximum atomic E-state index is 4.93. The summed E-state index contributed by atoms with van der Waals surface area (Å²) in [6.07, 6.45) is 2.24. The molecule has 0 amide bonds. The van der Waals surface area contributed by atoms with Gasteiger partial charge in [0.15, 0.2) is 0 Å². The van der Waals surface area contributed by atoms with Crippen molar-refractivity contribution in [3.8, 4) is 0 Å². The van der Waals surface area contributed by atoms with E-state index >= 15 is 0 Å². The predicted molar refractivity (Wildman–Crippen MR) is 134 cm³/mol. The van der Waals surface area contributed by atoms with Gasteiger partial charge in [0, 0.05) is 5.39 Å². The van der Waals surface area contributed by atoms with Crippen LogP contribution < -0.4 is 10.9 Å². The summed E-state index contributed by atoms with van der Waals surface area (Å²) >= 11 is 0. The molecule has 0 spiro atoms. The van der Waals surface area contributed by atoms with Gasteiger partial charge < -0.3 is 0 Å². The van der Waals surface area contributed by atoms with Crippen LogP contribution in [0.5, 0.6) is 0 Å². The second kappa shape index (κ2) is 8.85. The maximum absolute atomic E-state index is 4.93. The molecule has 0 N–H and O–H groups in total. The van der Waals surface area contributed by atoms with Gasteiger partial charge in [-0.05, 0) is 23.8 Å². The van der Waals surface area contributed by atoms with Crippen molar-refractivity contribution in [3.63, 3.8) is 0 Å². The Kier molecular flexibility index (Phi) is 5.45. The molecule has 0 aliphatic rings. The first-order valence-electron chi connectivity index (χ1n) is 10.6. The van der Waals surface area contributed by atoms with E-state index in [0.29, 0.717) is 0 Å². The van der Waals surface area contributed by atoms with E-state index in [1.165, 1.54) is 22.0 Å². The highest BCUT2D eigenvalue weighted by Gasteiger charge is 2.25. The first kappa shape index (κ1) is 19.1. The molecule has 1 aromatic heterocycles. The lowest BCUT2D eigenvalue weighted by Crippen LogP contribution is -2.43. The van der Waals surface area contributed by atoms with Crippen molar-refractivity contribution in [2.24, 2.45) is 0 Å². The molecule has 146 valence electrons. The molecule has 0 bridgehead atoms. The highest BCUT2D eigenvalue weighted by atomic mass is 14.7. The van der Waals surface area contributed by atoms with E-state index in [9.17, 15) is 0 Å². The molecule has 5 rings (SSSR count). The Balaban J connectivity index is 1.73. The van der Waals surface area contributed by atoms with Gasteiger partial charge in [-0.2, -0.15) is 0 Å². The second-order valence-corrected chi connectivity index (χ2v) is 7.65. The quantitative estimate of drug-likeness (QED) is 0.352. The summed E-state index contributed by atoms with van der Waals surface area (Å²) in [6, 6.07) is 44.6. The topological polar surface area (TPSA) is 12.9 Å². The lowest BCUT2D eigenvalue weighted by atomic mass is 9.35. The summed E-state index contributed by atoms with van der Waals surface area (Å²) in [5.41, 5.74) is 6.96. The van der Waals surface area contributed by atoms with Gasteiger partial charge in [0.2, 0.25) is 6.71 Å². The Morgan fingerprint density at radius 2 is 1.10 bits per heavy atom. The normalized spacial score (nSPS) is 11.4. The van der Waals surface area contributed by atoms with Crippen LogP contribution in [0.2, 0.25) is 0 Å². The van der Waals surface area contributed by atoms with Crippen LogP contribution in [0.1, 0.15) is 11.3 Å². The van der Waals surface area contributed by atoms with Gasteiger partial charge in [-0.25, -0.2) is 4.98 Å². The highest BCUT2D eigenvalue weighted by Crippen LogP contribution is 2.22. The van der Waals surface area contributed by atoms with Crippen molar-refractivity contribution < 1.29 is 0 Å². The molecule has 0 saturated heterocycles. The molecule has 0 aliphatic heterocycles. The van der Waals surface area contributed by atoms with E-state index in [4.69, 9.17) is 4.98 Å². The van der Waals surface area contributed by atoms with Crippen LogP contribution >= 0.6 is 0 Å². The third kappa shape index (κ3) is 4.20. The molecule has 0 radical (unpaired) electrons. The Hall–Kier alpha value is -3.91. The van der Waals surface area contributed by atoms with Crippen LogP contribution in [0.25, 0.3) is 22.5 Å². The van der Waals surface area contributed by atoms with Gasteiger partial charge in [-0.3, -0.25) is 0 Å². The number of rotatable bonds is 5. The fraction of sp³-hybridized carbons (Fsp3) is 0. The molecule has 0 aliphatic carbocycles. The number of para-hydroxylation sites is 1. The summed E-state index contributed by atoms with van der Waals surface area (Å²) in [6.45, 7) is 0.109. The molecule has 0 fully saturated rings. The van der Waals surface area contributed by atoms with Crippen LogP contribution in [-0.2, 0) is 0 Å². The third-order valence-electron chi connectivity index (χ3n) is 5.61. The van der Waals surface area contributed by atoms with Gasteiger partial charge in [0.1, 0.15) is 0 Å². The number of nitrogens with zero attached hydrogens (tertiary/aromatic N) is 1. The van der Waals surface area contributed by atoms with Crippen LogP contribution in [0.3, 0.4) is 0 Å². The van der Waals surface area contributed by atoms with E-state index in [1.807, 2.05) is 6.07 Å². The molecule has 4 aromatic carbocycles. The monoisotopic (exact) mass is 395 g/mol. The maximum Gasteiger partial charge on any atom is 0.242 e. The minimum atomic E-state index is 0.109. The lowest BCUT2D eigenvalue weighted by Gasteiger charge is -2.19. The number of pyridine rings is 1. The number of hydrogen-bond donors (Lipinski definition) is 0. The third-order valence-corrected chi connectivity index (χ3v) is 5.61. The van der Waals surface area contributed by atoms with E-state index in [0.717, 1.165) is 16.6 Å². The summed E-state index contributed by atoms with van der Waals surface area (Å²) < 4.78 is 0. The van der Waals surface area contributed by atoms with Gasteiger partial charge >= 0.3 is 0 Å². The van der Waals surface area contributed by atoms with Crippen molar-refractivity contribution in [3.05, 3.63) is 139 Å². The standard InChI is InChI=1S/C29H22BN/c1-4-12-23(13-5-1)28(22-27-21-20-24-14-10-11-19-29(24)31-27)30(25-15-6-2-7-16-25)26-17-8-3-9-18-26/h1-22H/b28-22+. The zero-order valence-corrected chi connectivity index (χ0v) is 17.2. The Bertz CT molecular complexity index is 1270. The smallest absolute Gasteiger partial charge is 0.242 e. The fourth-order valence-electron chi connectivity index (χ4n) is 4.13. The lowest BCUT2D eigenvalue weighted by molar-refractivity contribution is 1.37. The molecule has 1 heterocycles. The zero-order valence-electron chi connectivity index (χ0n) is 17.2. The van der Waals surface area contributed by atoms with E-state index in [2.05, 4.69) is 127 Å². The summed E-state index contributed by atoms with van der Waals surface area (Å²) in [5.74, 6) is 0. The fourth-order valence-corrected chi connectivity index (χ4v) is 4.13. The summed E-state index contributed by atoms with van der Waals surface area (Å²) in [7, 11) is 0. The van der Waals surface area contributed by atoms with Crippen LogP contribution in [0.4, 0.5) is 0 Å². The Labute approximate surface area is 183 Å². The predicted octanol–water partition coefficient (Wildman–Crippen LogP) is 5.62. The average molecular weight is 395 g/mol. The van der Waals surface area contributed by atoms with Gasteiger partial charge in [0.25, 0.3) is 0 Å². The van der Waals surface area contributed by atoms with Crippen molar-refractivity contribution in [2.75, 3.05) is 0 Å². The second-order valence-electron chi connectivity index (χ2n) is 7.65. The SMILES string of the molecule is C(=C(\B(c1ccccc1)c1ccccc1)c1ccccc1)/c1ccc2ccccc2n1. The highest BCUT2D eigenvalue weighted by molar-refractivity contribution is 7.00. The largest absolute Gasteiger partial charge is 0.248 e. The number of benzene rings is 4. The minimum absolute atomic E-state index is 0.109. The van der Waals surface area contributed by atoms with Gasteiger partial charge in [0.05, 0.1) is 11.2 Å². The minimum Gasteiger partial charge on any atom is -0.248 e. The molecular formula is C29H22BN. The number of hydrogen-bond acceptors (Lipinski definition) is 1. The molecule has 2 heteroatoms. The molecule has 0 saturated carbocycles. The van der Waals surface area contributed by atoms with Crippen molar-refractivity contribution in [1.29, 1.82) is 0 Å². The molecule has 0 atom stereocenters. The summed E-state index contributed by atoms with van der Waals surface area (Å²) in [4.78, 5) is 4.93. The number of fused-ring (bicyclic) bond motifs is 1. The van der Waals surface area contributed by atoms with E-state index < -0.39 is 0 Å². The first-order valence-corrected chi connectivity index (χ1v) is 10.6. The Morgan fingerprint density at radius 3 is 1.74 bits per heavy atom. The molecule has 1 nitrogen and oxygen atoms in total. The molecule has 0 unspecified atom stereocenters. The van der Waals surface area contributed by atoms with Gasteiger partial charge in [-0.1, -0.05) is 132 Å². The van der Waals surface area contributed by atoms with Crippen LogP contribution in [-0.4, -0.2) is 11.7 Å². The first-order chi connectivity index (χ1) is 15.4. The summed E-state index contributed by atoms with van der Waals surface area (Å²) in [5, 5.41) is 1.16. The zero-order chi connectivity index (χ0) is 20.9. The average Bonchev–Trinajstić information content (AvgIpc) is 2.85. The molecule has 5 aromatic rings. The van der Waals surface area contributed by atoms with Crippen molar-refractivity contribution in [1.82, 2.24) is 4.98 Å².